The van der Waals surface area contributed by atoms with E-state index in [2.05, 4.69) is 25.6 Å². The Labute approximate surface area is 105 Å². The Bertz CT molecular complexity index is 535. The topological polar surface area (TPSA) is 68.5 Å². The molecule has 0 amide bonds. The summed E-state index contributed by atoms with van der Waals surface area (Å²) in [6.07, 6.45) is 2.81. The van der Waals surface area contributed by atoms with Gasteiger partial charge in [-0.25, -0.2) is 14.6 Å². The number of nitrogens with zero attached hydrogens (tertiary/aromatic N) is 5. The van der Waals surface area contributed by atoms with Crippen LogP contribution < -0.4 is 5.32 Å². The van der Waals surface area contributed by atoms with E-state index < -0.39 is 0 Å². The number of nitrogens with one attached hydrogen (secondary N) is 1. The zero-order chi connectivity index (χ0) is 12.5. The minimum atomic E-state index is 0.354. The molecule has 6 heteroatoms. The molecule has 3 rings (SSSR count). The molecule has 1 atom stereocenters. The second-order valence-electron chi connectivity index (χ2n) is 4.68. The Morgan fingerprint density at radius 1 is 1.28 bits per heavy atom. The maximum atomic E-state index is 4.48. The standard InChI is InChI=1S/C12H16N6/c1-8-5-9(2)16-12(15-8)11-7-14-17-18(11)10-3-4-13-6-10/h5,7,10,13H,3-4,6H2,1-2H3. The summed E-state index contributed by atoms with van der Waals surface area (Å²) in [5, 5.41) is 11.5. The average Bonchev–Trinajstić information content (AvgIpc) is 2.98. The minimum absolute atomic E-state index is 0.354. The van der Waals surface area contributed by atoms with Gasteiger partial charge < -0.3 is 5.32 Å². The van der Waals surface area contributed by atoms with Gasteiger partial charge in [-0.3, -0.25) is 0 Å². The minimum Gasteiger partial charge on any atom is -0.315 e. The van der Waals surface area contributed by atoms with Crippen molar-refractivity contribution in [1.29, 1.82) is 0 Å². The van der Waals surface area contributed by atoms with E-state index in [1.54, 1.807) is 6.20 Å². The Balaban J connectivity index is 2.03. The molecule has 0 aromatic carbocycles. The third kappa shape index (κ3) is 1.99. The predicted octanol–water partition coefficient (Wildman–Crippen LogP) is 0.886. The zero-order valence-corrected chi connectivity index (χ0v) is 10.6. The highest BCUT2D eigenvalue weighted by Crippen LogP contribution is 2.21. The van der Waals surface area contributed by atoms with Crippen LogP contribution in [0.25, 0.3) is 11.5 Å². The SMILES string of the molecule is Cc1cc(C)nc(-c2cnnn2C2CCNC2)n1. The van der Waals surface area contributed by atoms with E-state index in [1.165, 1.54) is 0 Å². The summed E-state index contributed by atoms with van der Waals surface area (Å²) in [6, 6.07) is 2.32. The first-order chi connectivity index (χ1) is 8.74. The quantitative estimate of drug-likeness (QED) is 0.849. The van der Waals surface area contributed by atoms with Crippen molar-refractivity contribution in [2.75, 3.05) is 13.1 Å². The van der Waals surface area contributed by atoms with E-state index in [1.807, 2.05) is 24.6 Å². The van der Waals surface area contributed by atoms with E-state index in [0.717, 1.165) is 36.6 Å². The molecule has 1 unspecified atom stereocenters. The number of aryl methyl sites for hydroxylation is 2. The maximum absolute atomic E-state index is 4.48. The van der Waals surface area contributed by atoms with E-state index in [0.29, 0.717) is 11.9 Å². The van der Waals surface area contributed by atoms with Crippen LogP contribution in [0.3, 0.4) is 0 Å². The van der Waals surface area contributed by atoms with Gasteiger partial charge in [0.25, 0.3) is 0 Å². The van der Waals surface area contributed by atoms with Crippen molar-refractivity contribution >= 4 is 0 Å². The highest BCUT2D eigenvalue weighted by molar-refractivity contribution is 5.48. The van der Waals surface area contributed by atoms with Gasteiger partial charge >= 0.3 is 0 Å². The Hall–Kier alpha value is -1.82. The second-order valence-corrected chi connectivity index (χ2v) is 4.68. The first-order valence-corrected chi connectivity index (χ1v) is 6.17. The predicted molar refractivity (Wildman–Crippen MR) is 67.0 cm³/mol. The molecule has 1 N–H and O–H groups in total. The van der Waals surface area contributed by atoms with Crippen molar-refractivity contribution in [2.24, 2.45) is 0 Å². The Morgan fingerprint density at radius 3 is 2.72 bits per heavy atom. The summed E-state index contributed by atoms with van der Waals surface area (Å²) < 4.78 is 1.94. The van der Waals surface area contributed by atoms with Crippen molar-refractivity contribution in [3.05, 3.63) is 23.7 Å². The van der Waals surface area contributed by atoms with Gasteiger partial charge in [-0.2, -0.15) is 0 Å². The number of rotatable bonds is 2. The monoisotopic (exact) mass is 244 g/mol. The van der Waals surface area contributed by atoms with Gasteiger partial charge in [-0.05, 0) is 32.9 Å². The maximum Gasteiger partial charge on any atom is 0.179 e. The first kappa shape index (κ1) is 11.3. The molecular weight excluding hydrogens is 228 g/mol. The fourth-order valence-electron chi connectivity index (χ4n) is 2.36. The Kier molecular flexibility index (Phi) is 2.79. The zero-order valence-electron chi connectivity index (χ0n) is 10.6. The van der Waals surface area contributed by atoms with Crippen molar-refractivity contribution < 1.29 is 0 Å². The van der Waals surface area contributed by atoms with Crippen LogP contribution in [0.1, 0.15) is 23.9 Å². The number of hydrogen-bond acceptors (Lipinski definition) is 5. The fourth-order valence-corrected chi connectivity index (χ4v) is 2.36. The van der Waals surface area contributed by atoms with Gasteiger partial charge in [0, 0.05) is 17.9 Å². The molecule has 0 aliphatic carbocycles. The third-order valence-corrected chi connectivity index (χ3v) is 3.17. The molecule has 18 heavy (non-hydrogen) atoms. The summed E-state index contributed by atoms with van der Waals surface area (Å²) in [5.74, 6) is 0.712. The highest BCUT2D eigenvalue weighted by Gasteiger charge is 2.21. The lowest BCUT2D eigenvalue weighted by atomic mass is 10.2. The molecule has 1 saturated heterocycles. The van der Waals surface area contributed by atoms with Gasteiger partial charge in [0.1, 0.15) is 5.69 Å². The van der Waals surface area contributed by atoms with Gasteiger partial charge in [0.05, 0.1) is 12.2 Å². The lowest BCUT2D eigenvalue weighted by Gasteiger charge is -2.11. The molecule has 0 spiro atoms. The van der Waals surface area contributed by atoms with E-state index in [-0.39, 0.29) is 0 Å². The van der Waals surface area contributed by atoms with Crippen molar-refractivity contribution in [3.8, 4) is 11.5 Å². The summed E-state index contributed by atoms with van der Waals surface area (Å²) in [5.41, 5.74) is 2.83. The summed E-state index contributed by atoms with van der Waals surface area (Å²) >= 11 is 0. The molecule has 2 aromatic rings. The van der Waals surface area contributed by atoms with Crippen LogP contribution >= 0.6 is 0 Å². The van der Waals surface area contributed by atoms with Crippen LogP contribution in [0, 0.1) is 13.8 Å². The smallest absolute Gasteiger partial charge is 0.179 e. The van der Waals surface area contributed by atoms with Crippen molar-refractivity contribution in [2.45, 2.75) is 26.3 Å². The van der Waals surface area contributed by atoms with Crippen molar-refractivity contribution in [1.82, 2.24) is 30.3 Å². The van der Waals surface area contributed by atoms with Crippen LogP contribution in [0.2, 0.25) is 0 Å². The lowest BCUT2D eigenvalue weighted by molar-refractivity contribution is 0.479. The van der Waals surface area contributed by atoms with E-state index in [4.69, 9.17) is 0 Å². The second kappa shape index (κ2) is 4.45. The van der Waals surface area contributed by atoms with Gasteiger partial charge in [-0.1, -0.05) is 5.21 Å². The van der Waals surface area contributed by atoms with Gasteiger partial charge in [0.2, 0.25) is 0 Å². The third-order valence-electron chi connectivity index (χ3n) is 3.17. The number of aromatic nitrogens is 5. The summed E-state index contributed by atoms with van der Waals surface area (Å²) in [7, 11) is 0. The molecule has 1 aliphatic rings. The molecule has 0 bridgehead atoms. The molecular formula is C12H16N6. The Morgan fingerprint density at radius 2 is 2.06 bits per heavy atom. The van der Waals surface area contributed by atoms with Crippen LogP contribution in [0.5, 0.6) is 0 Å². The highest BCUT2D eigenvalue weighted by atomic mass is 15.4. The molecule has 1 aliphatic heterocycles. The van der Waals surface area contributed by atoms with Crippen LogP contribution in [0.4, 0.5) is 0 Å². The fraction of sp³-hybridized carbons (Fsp3) is 0.500. The lowest BCUT2D eigenvalue weighted by Crippen LogP contribution is -2.16. The van der Waals surface area contributed by atoms with Crippen molar-refractivity contribution in [3.63, 3.8) is 0 Å². The van der Waals surface area contributed by atoms with E-state index >= 15 is 0 Å². The van der Waals surface area contributed by atoms with Crippen LogP contribution in [0.15, 0.2) is 12.3 Å². The largest absolute Gasteiger partial charge is 0.315 e. The van der Waals surface area contributed by atoms with Gasteiger partial charge in [0.15, 0.2) is 5.82 Å². The van der Waals surface area contributed by atoms with Crippen LogP contribution in [-0.2, 0) is 0 Å². The molecule has 2 aromatic heterocycles. The first-order valence-electron chi connectivity index (χ1n) is 6.17. The molecule has 0 saturated carbocycles. The molecule has 94 valence electrons. The molecule has 0 radical (unpaired) electrons. The molecule has 1 fully saturated rings. The van der Waals surface area contributed by atoms with E-state index in [9.17, 15) is 0 Å². The van der Waals surface area contributed by atoms with Crippen LogP contribution in [-0.4, -0.2) is 38.1 Å². The average molecular weight is 244 g/mol. The van der Waals surface area contributed by atoms with Gasteiger partial charge in [-0.15, -0.1) is 5.10 Å². The molecule has 6 nitrogen and oxygen atoms in total. The summed E-state index contributed by atoms with van der Waals surface area (Å²) in [6.45, 7) is 5.91. The molecule has 3 heterocycles. The summed E-state index contributed by atoms with van der Waals surface area (Å²) in [4.78, 5) is 8.95. The normalized spacial score (nSPS) is 19.3. The number of hydrogen-bond donors (Lipinski definition) is 1.